The molecule has 0 bridgehead atoms. The van der Waals surface area contributed by atoms with E-state index in [-0.39, 0.29) is 18.2 Å². The van der Waals surface area contributed by atoms with Crippen molar-refractivity contribution in [2.45, 2.75) is 25.8 Å². The highest BCUT2D eigenvalue weighted by Crippen LogP contribution is 2.27. The van der Waals surface area contributed by atoms with E-state index in [1.165, 1.54) is 11.3 Å². The first kappa shape index (κ1) is 13.7. The molecule has 2 aromatic heterocycles. The number of fused-ring (bicyclic) bond motifs is 1. The number of imide groups is 1. The number of piperidine rings is 1. The van der Waals surface area contributed by atoms with Crippen LogP contribution in [0.4, 0.5) is 0 Å². The van der Waals surface area contributed by atoms with E-state index >= 15 is 0 Å². The SMILES string of the molecule is Cc1nn(C)c2sc(C(=O)NC3CCC(=O)NC3=O)cc12. The number of aryl methyl sites for hydroxylation is 2. The summed E-state index contributed by atoms with van der Waals surface area (Å²) in [6, 6.07) is 1.13. The second-order valence-electron chi connectivity index (χ2n) is 5.02. The normalized spacial score (nSPS) is 18.9. The second kappa shape index (κ2) is 4.96. The summed E-state index contributed by atoms with van der Waals surface area (Å²) in [5.74, 6) is -1.04. The van der Waals surface area contributed by atoms with Crippen molar-refractivity contribution in [2.75, 3.05) is 0 Å². The van der Waals surface area contributed by atoms with E-state index in [2.05, 4.69) is 15.7 Å². The fourth-order valence-electron chi connectivity index (χ4n) is 2.38. The molecule has 1 atom stereocenters. The number of aromatic nitrogens is 2. The predicted octanol–water partition coefficient (Wildman–Crippen LogP) is 0.478. The van der Waals surface area contributed by atoms with Gasteiger partial charge in [0.1, 0.15) is 10.9 Å². The number of carbonyl (C=O) groups is 3. The van der Waals surface area contributed by atoms with Crippen molar-refractivity contribution in [3.8, 4) is 0 Å². The van der Waals surface area contributed by atoms with Gasteiger partial charge in [-0.15, -0.1) is 11.3 Å². The van der Waals surface area contributed by atoms with Crippen molar-refractivity contribution >= 4 is 39.3 Å². The number of rotatable bonds is 2. The van der Waals surface area contributed by atoms with Crippen molar-refractivity contribution in [3.63, 3.8) is 0 Å². The van der Waals surface area contributed by atoms with Gasteiger partial charge in [-0.05, 0) is 19.4 Å². The van der Waals surface area contributed by atoms with Gasteiger partial charge in [0.05, 0.1) is 10.6 Å². The molecule has 3 amide bonds. The number of amides is 3. The van der Waals surface area contributed by atoms with Gasteiger partial charge in [-0.3, -0.25) is 24.4 Å². The number of hydrogen-bond donors (Lipinski definition) is 2. The van der Waals surface area contributed by atoms with Gasteiger partial charge in [0.15, 0.2) is 0 Å². The van der Waals surface area contributed by atoms with Crippen LogP contribution in [-0.4, -0.2) is 33.5 Å². The fourth-order valence-corrected chi connectivity index (χ4v) is 3.40. The van der Waals surface area contributed by atoms with Crippen molar-refractivity contribution in [2.24, 2.45) is 7.05 Å². The first-order valence-corrected chi connectivity index (χ1v) is 7.35. The largest absolute Gasteiger partial charge is 0.340 e. The Kier molecular flexibility index (Phi) is 3.25. The van der Waals surface area contributed by atoms with E-state index in [1.807, 2.05) is 14.0 Å². The number of carbonyl (C=O) groups excluding carboxylic acids is 3. The van der Waals surface area contributed by atoms with Crippen molar-refractivity contribution in [3.05, 3.63) is 16.6 Å². The third-order valence-electron chi connectivity index (χ3n) is 3.46. The molecule has 0 aliphatic carbocycles. The fraction of sp³-hybridized carbons (Fsp3) is 0.385. The van der Waals surface area contributed by atoms with Gasteiger partial charge >= 0.3 is 0 Å². The zero-order valence-electron chi connectivity index (χ0n) is 11.6. The molecule has 1 aliphatic rings. The lowest BCUT2D eigenvalue weighted by molar-refractivity contribution is -0.134. The molecule has 21 heavy (non-hydrogen) atoms. The molecule has 7 nitrogen and oxygen atoms in total. The summed E-state index contributed by atoms with van der Waals surface area (Å²) in [4.78, 5) is 36.4. The third-order valence-corrected chi connectivity index (χ3v) is 4.67. The van der Waals surface area contributed by atoms with Gasteiger partial charge < -0.3 is 5.32 Å². The lowest BCUT2D eigenvalue weighted by atomic mass is 10.1. The van der Waals surface area contributed by atoms with Crippen LogP contribution in [0.15, 0.2) is 6.07 Å². The molecule has 0 spiro atoms. The summed E-state index contributed by atoms with van der Waals surface area (Å²) in [5.41, 5.74) is 0.865. The van der Waals surface area contributed by atoms with E-state index in [0.717, 1.165) is 15.9 Å². The second-order valence-corrected chi connectivity index (χ2v) is 6.05. The Labute approximate surface area is 124 Å². The number of nitrogens with one attached hydrogen (secondary N) is 2. The Morgan fingerprint density at radius 1 is 1.52 bits per heavy atom. The summed E-state index contributed by atoms with van der Waals surface area (Å²) in [7, 11) is 1.83. The van der Waals surface area contributed by atoms with E-state index in [4.69, 9.17) is 0 Å². The van der Waals surface area contributed by atoms with Crippen LogP contribution >= 0.6 is 11.3 Å². The topological polar surface area (TPSA) is 93.1 Å². The minimum absolute atomic E-state index is 0.242. The summed E-state index contributed by atoms with van der Waals surface area (Å²) in [6.45, 7) is 1.89. The standard InChI is InChI=1S/C13H14N4O3S/c1-6-7-5-9(21-13(7)17(2)16-6)12(20)14-8-3-4-10(18)15-11(8)19/h5,8H,3-4H2,1-2H3,(H,14,20)(H,15,18,19). The first-order chi connectivity index (χ1) is 9.95. The highest BCUT2D eigenvalue weighted by molar-refractivity contribution is 7.20. The maximum Gasteiger partial charge on any atom is 0.262 e. The van der Waals surface area contributed by atoms with E-state index < -0.39 is 11.9 Å². The molecule has 1 saturated heterocycles. The quantitative estimate of drug-likeness (QED) is 0.789. The smallest absolute Gasteiger partial charge is 0.262 e. The van der Waals surface area contributed by atoms with Gasteiger partial charge in [0, 0.05) is 18.9 Å². The molecule has 1 unspecified atom stereocenters. The number of nitrogens with zero attached hydrogens (tertiary/aromatic N) is 2. The van der Waals surface area contributed by atoms with Crippen LogP contribution < -0.4 is 10.6 Å². The van der Waals surface area contributed by atoms with Crippen LogP contribution in [0.25, 0.3) is 10.2 Å². The third kappa shape index (κ3) is 2.42. The van der Waals surface area contributed by atoms with Crippen LogP contribution in [-0.2, 0) is 16.6 Å². The molecule has 2 aromatic rings. The summed E-state index contributed by atoms with van der Waals surface area (Å²) >= 11 is 1.33. The summed E-state index contributed by atoms with van der Waals surface area (Å²) in [6.07, 6.45) is 0.577. The number of thiophene rings is 1. The average molecular weight is 306 g/mol. The Bertz CT molecular complexity index is 726. The molecule has 0 radical (unpaired) electrons. The zero-order valence-corrected chi connectivity index (χ0v) is 12.4. The van der Waals surface area contributed by atoms with Crippen molar-refractivity contribution in [1.82, 2.24) is 20.4 Å². The highest BCUT2D eigenvalue weighted by Gasteiger charge is 2.28. The molecule has 110 valence electrons. The van der Waals surface area contributed by atoms with E-state index in [1.54, 1.807) is 10.7 Å². The first-order valence-electron chi connectivity index (χ1n) is 6.53. The van der Waals surface area contributed by atoms with Crippen LogP contribution in [0, 0.1) is 6.92 Å². The monoisotopic (exact) mass is 306 g/mol. The average Bonchev–Trinajstić information content (AvgIpc) is 2.96. The Hall–Kier alpha value is -2.22. The molecule has 1 aliphatic heterocycles. The zero-order chi connectivity index (χ0) is 15.1. The maximum atomic E-state index is 12.2. The Balaban J connectivity index is 1.79. The van der Waals surface area contributed by atoms with Gasteiger partial charge in [-0.25, -0.2) is 0 Å². The van der Waals surface area contributed by atoms with Crippen molar-refractivity contribution < 1.29 is 14.4 Å². The minimum Gasteiger partial charge on any atom is -0.340 e. The Morgan fingerprint density at radius 2 is 2.29 bits per heavy atom. The molecule has 2 N–H and O–H groups in total. The van der Waals surface area contributed by atoms with Crippen LogP contribution in [0.3, 0.4) is 0 Å². The van der Waals surface area contributed by atoms with E-state index in [0.29, 0.717) is 11.3 Å². The number of hydrogen-bond acceptors (Lipinski definition) is 5. The summed E-state index contributed by atoms with van der Waals surface area (Å²) < 4.78 is 1.73. The van der Waals surface area contributed by atoms with Gasteiger partial charge in [-0.1, -0.05) is 0 Å². The molecule has 3 heterocycles. The molecular weight excluding hydrogens is 292 g/mol. The summed E-state index contributed by atoms with van der Waals surface area (Å²) in [5, 5.41) is 10.1. The van der Waals surface area contributed by atoms with Gasteiger partial charge in [0.2, 0.25) is 11.8 Å². The van der Waals surface area contributed by atoms with Crippen molar-refractivity contribution in [1.29, 1.82) is 0 Å². The molecule has 0 aromatic carbocycles. The molecule has 0 saturated carbocycles. The van der Waals surface area contributed by atoms with Crippen LogP contribution in [0.5, 0.6) is 0 Å². The molecule has 8 heteroatoms. The maximum absolute atomic E-state index is 12.2. The van der Waals surface area contributed by atoms with E-state index in [9.17, 15) is 14.4 Å². The van der Waals surface area contributed by atoms with Gasteiger partial charge in [0.25, 0.3) is 5.91 Å². The molecular formula is C13H14N4O3S. The highest BCUT2D eigenvalue weighted by atomic mass is 32.1. The predicted molar refractivity (Wildman–Crippen MR) is 77.0 cm³/mol. The molecule has 3 rings (SSSR count). The lowest BCUT2D eigenvalue weighted by Crippen LogP contribution is -2.52. The lowest BCUT2D eigenvalue weighted by Gasteiger charge is -2.21. The van der Waals surface area contributed by atoms with Gasteiger partial charge in [-0.2, -0.15) is 5.10 Å². The Morgan fingerprint density at radius 3 is 2.95 bits per heavy atom. The van der Waals surface area contributed by atoms with Crippen LogP contribution in [0.1, 0.15) is 28.2 Å². The molecule has 1 fully saturated rings. The minimum atomic E-state index is -0.653. The van der Waals surface area contributed by atoms with Crippen LogP contribution in [0.2, 0.25) is 0 Å².